The molecule has 1 aromatic carbocycles. The number of phenols is 1. The number of aromatic hydroxyl groups is 1. The molecule has 0 aliphatic carbocycles. The number of piperazine rings is 1. The van der Waals surface area contributed by atoms with E-state index in [1.165, 1.54) is 0 Å². The van der Waals surface area contributed by atoms with E-state index < -0.39 is 0 Å². The molecule has 0 saturated carbocycles. The summed E-state index contributed by atoms with van der Waals surface area (Å²) >= 11 is 0. The Labute approximate surface area is 203 Å². The van der Waals surface area contributed by atoms with E-state index in [1.54, 1.807) is 30.9 Å². The zero-order valence-corrected chi connectivity index (χ0v) is 19.4. The number of pyridine rings is 1. The van der Waals surface area contributed by atoms with Gasteiger partial charge in [0.05, 0.1) is 11.9 Å². The molecule has 35 heavy (non-hydrogen) atoms. The number of anilines is 3. The minimum Gasteiger partial charge on any atom is -0.508 e. The molecule has 0 amide bonds. The van der Waals surface area contributed by atoms with Gasteiger partial charge < -0.3 is 24.9 Å². The van der Waals surface area contributed by atoms with Crippen LogP contribution in [0.5, 0.6) is 5.75 Å². The second-order valence-electron chi connectivity index (χ2n) is 9.12. The van der Waals surface area contributed by atoms with Crippen LogP contribution >= 0.6 is 0 Å². The average molecular weight is 473 g/mol. The zero-order valence-electron chi connectivity index (χ0n) is 19.4. The molecule has 3 aromatic heterocycles. The summed E-state index contributed by atoms with van der Waals surface area (Å²) in [6.45, 7) is 5.01. The number of nitrogens with zero attached hydrogens (tertiary/aromatic N) is 8. The molecular formula is C25H28N8O2. The third-order valence-corrected chi connectivity index (χ3v) is 6.91. The van der Waals surface area contributed by atoms with Crippen molar-refractivity contribution in [2.45, 2.75) is 6.42 Å². The molecule has 4 aromatic rings. The Morgan fingerprint density at radius 2 is 1.69 bits per heavy atom. The van der Waals surface area contributed by atoms with Crippen molar-refractivity contribution in [1.82, 2.24) is 24.5 Å². The molecule has 1 atom stereocenters. The van der Waals surface area contributed by atoms with Crippen LogP contribution in [0, 0.1) is 5.92 Å². The third kappa shape index (κ3) is 4.10. The first-order valence-corrected chi connectivity index (χ1v) is 12.0. The maximum Gasteiger partial charge on any atom is 0.229 e. The fourth-order valence-corrected chi connectivity index (χ4v) is 4.92. The van der Waals surface area contributed by atoms with Crippen LogP contribution in [0.15, 0.2) is 55.1 Å². The predicted molar refractivity (Wildman–Crippen MR) is 134 cm³/mol. The van der Waals surface area contributed by atoms with Gasteiger partial charge >= 0.3 is 0 Å². The second kappa shape index (κ2) is 9.03. The van der Waals surface area contributed by atoms with Gasteiger partial charge in [-0.1, -0.05) is 0 Å². The molecule has 0 bridgehead atoms. The summed E-state index contributed by atoms with van der Waals surface area (Å²) < 4.78 is 1.96. The van der Waals surface area contributed by atoms with Gasteiger partial charge in [-0.3, -0.25) is 9.55 Å². The van der Waals surface area contributed by atoms with Crippen molar-refractivity contribution in [3.05, 3.63) is 55.1 Å². The molecule has 2 aliphatic heterocycles. The molecular weight excluding hydrogens is 444 g/mol. The quantitative estimate of drug-likeness (QED) is 0.451. The summed E-state index contributed by atoms with van der Waals surface area (Å²) in [5, 5.41) is 19.3. The van der Waals surface area contributed by atoms with Crippen molar-refractivity contribution in [1.29, 1.82) is 0 Å². The Kier molecular flexibility index (Phi) is 5.57. The summed E-state index contributed by atoms with van der Waals surface area (Å²) in [5.74, 6) is 2.04. The Bertz CT molecular complexity index is 1300. The van der Waals surface area contributed by atoms with Crippen molar-refractivity contribution < 1.29 is 10.2 Å². The molecule has 2 saturated heterocycles. The van der Waals surface area contributed by atoms with Gasteiger partial charge in [-0.05, 0) is 42.8 Å². The standard InChI is InChI=1S/C25H28N8O2/c34-16-18-7-9-32(15-18)23-22-24(33(17-27-22)20-2-1-8-26-14-20)29-25(28-23)31-12-10-30(11-13-31)19-3-5-21(35)6-4-19/h1-6,8,14,17-18,34-35H,7,9-13,15-16H2. The van der Waals surface area contributed by atoms with Crippen LogP contribution in [0.1, 0.15) is 6.42 Å². The van der Waals surface area contributed by atoms with Crippen molar-refractivity contribution in [3.63, 3.8) is 0 Å². The van der Waals surface area contributed by atoms with Gasteiger partial charge in [0.2, 0.25) is 5.95 Å². The molecule has 10 nitrogen and oxygen atoms in total. The summed E-state index contributed by atoms with van der Waals surface area (Å²) in [6, 6.07) is 11.2. The van der Waals surface area contributed by atoms with Crippen LogP contribution in [-0.4, -0.2) is 80.6 Å². The first kappa shape index (κ1) is 21.6. The molecule has 2 N–H and O–H groups in total. The number of rotatable bonds is 5. The number of aromatic nitrogens is 5. The minimum absolute atomic E-state index is 0.181. The number of hydrogen-bond acceptors (Lipinski definition) is 9. The molecule has 6 rings (SSSR count). The molecule has 0 radical (unpaired) electrons. The lowest BCUT2D eigenvalue weighted by atomic mass is 10.1. The van der Waals surface area contributed by atoms with Crippen LogP contribution in [0.3, 0.4) is 0 Å². The predicted octanol–water partition coefficient (Wildman–Crippen LogP) is 2.06. The molecule has 5 heterocycles. The van der Waals surface area contributed by atoms with Gasteiger partial charge in [0.25, 0.3) is 0 Å². The fraction of sp³-hybridized carbons (Fsp3) is 0.360. The fourth-order valence-electron chi connectivity index (χ4n) is 4.92. The number of hydrogen-bond donors (Lipinski definition) is 2. The van der Waals surface area contributed by atoms with E-state index in [9.17, 15) is 10.2 Å². The lowest BCUT2D eigenvalue weighted by Crippen LogP contribution is -2.47. The van der Waals surface area contributed by atoms with E-state index in [0.29, 0.717) is 5.95 Å². The topological polar surface area (TPSA) is 107 Å². The van der Waals surface area contributed by atoms with E-state index in [0.717, 1.165) is 74.0 Å². The molecule has 10 heteroatoms. The number of benzene rings is 1. The van der Waals surface area contributed by atoms with Crippen LogP contribution in [-0.2, 0) is 0 Å². The Morgan fingerprint density at radius 1 is 0.886 bits per heavy atom. The molecule has 1 unspecified atom stereocenters. The smallest absolute Gasteiger partial charge is 0.229 e. The average Bonchev–Trinajstić information content (AvgIpc) is 3.57. The number of fused-ring (bicyclic) bond motifs is 1. The molecule has 2 fully saturated rings. The monoisotopic (exact) mass is 472 g/mol. The molecule has 0 spiro atoms. The van der Waals surface area contributed by atoms with E-state index in [2.05, 4.69) is 19.7 Å². The number of aliphatic hydroxyl groups excluding tert-OH is 1. The number of imidazole rings is 1. The first-order chi connectivity index (χ1) is 17.2. The highest BCUT2D eigenvalue weighted by Crippen LogP contribution is 2.31. The van der Waals surface area contributed by atoms with E-state index in [1.807, 2.05) is 28.8 Å². The number of phenolic OH excluding ortho intramolecular Hbond substituents is 1. The SMILES string of the molecule is OCC1CCN(c2nc(N3CCN(c4ccc(O)cc4)CC3)nc3c2ncn3-c2cccnc2)C1. The van der Waals surface area contributed by atoms with Gasteiger partial charge in [0.15, 0.2) is 17.0 Å². The van der Waals surface area contributed by atoms with Crippen LogP contribution in [0.25, 0.3) is 16.9 Å². The van der Waals surface area contributed by atoms with Gasteiger partial charge in [-0.15, -0.1) is 0 Å². The van der Waals surface area contributed by atoms with E-state index in [4.69, 9.17) is 15.0 Å². The van der Waals surface area contributed by atoms with Crippen LogP contribution in [0.4, 0.5) is 17.5 Å². The first-order valence-electron chi connectivity index (χ1n) is 12.0. The second-order valence-corrected chi connectivity index (χ2v) is 9.12. The summed E-state index contributed by atoms with van der Waals surface area (Å²) in [5.41, 5.74) is 3.52. The van der Waals surface area contributed by atoms with Gasteiger partial charge in [-0.25, -0.2) is 4.98 Å². The van der Waals surface area contributed by atoms with Crippen molar-refractivity contribution in [2.24, 2.45) is 5.92 Å². The maximum absolute atomic E-state index is 9.68. The summed E-state index contributed by atoms with van der Waals surface area (Å²) in [4.78, 5) is 25.7. The van der Waals surface area contributed by atoms with Gasteiger partial charge in [-0.2, -0.15) is 9.97 Å². The van der Waals surface area contributed by atoms with Crippen LogP contribution < -0.4 is 14.7 Å². The Hall–Kier alpha value is -3.92. The summed E-state index contributed by atoms with van der Waals surface area (Å²) in [6.07, 6.45) is 6.27. The lowest BCUT2D eigenvalue weighted by Gasteiger charge is -2.36. The van der Waals surface area contributed by atoms with Gasteiger partial charge in [0, 0.05) is 63.7 Å². The molecule has 180 valence electrons. The Balaban J connectivity index is 1.34. The van der Waals surface area contributed by atoms with Crippen molar-refractivity contribution in [2.75, 3.05) is 60.6 Å². The summed E-state index contributed by atoms with van der Waals surface area (Å²) in [7, 11) is 0. The normalized spacial score (nSPS) is 18.5. The van der Waals surface area contributed by atoms with E-state index in [-0.39, 0.29) is 18.3 Å². The van der Waals surface area contributed by atoms with Crippen molar-refractivity contribution >= 4 is 28.6 Å². The highest BCUT2D eigenvalue weighted by atomic mass is 16.3. The number of aliphatic hydroxyl groups is 1. The Morgan fingerprint density at radius 3 is 2.40 bits per heavy atom. The largest absolute Gasteiger partial charge is 0.508 e. The zero-order chi connectivity index (χ0) is 23.8. The maximum atomic E-state index is 9.68. The third-order valence-electron chi connectivity index (χ3n) is 6.91. The van der Waals surface area contributed by atoms with E-state index >= 15 is 0 Å². The molecule has 2 aliphatic rings. The van der Waals surface area contributed by atoms with Crippen LogP contribution in [0.2, 0.25) is 0 Å². The minimum atomic E-state index is 0.181. The highest BCUT2D eigenvalue weighted by Gasteiger charge is 2.28. The van der Waals surface area contributed by atoms with Crippen molar-refractivity contribution in [3.8, 4) is 11.4 Å². The lowest BCUT2D eigenvalue weighted by molar-refractivity contribution is 0.238. The van der Waals surface area contributed by atoms with Gasteiger partial charge in [0.1, 0.15) is 12.1 Å². The highest BCUT2D eigenvalue weighted by molar-refractivity contribution is 5.86.